The molecular weight excluding hydrogens is 306 g/mol. The lowest BCUT2D eigenvalue weighted by molar-refractivity contribution is -0.118. The number of hydrogen-bond acceptors (Lipinski definition) is 5. The highest BCUT2D eigenvalue weighted by molar-refractivity contribution is 5.96. The molecule has 0 saturated heterocycles. The van der Waals surface area contributed by atoms with Crippen LogP contribution < -0.4 is 4.90 Å². The monoisotopic (exact) mass is 329 g/mol. The number of carbonyl (C=O) groups is 1. The molecular formula is C18H23N3O3. The highest BCUT2D eigenvalue weighted by Gasteiger charge is 2.24. The first kappa shape index (κ1) is 16.5. The van der Waals surface area contributed by atoms with Gasteiger partial charge in [-0.3, -0.25) is 4.79 Å². The van der Waals surface area contributed by atoms with Crippen molar-refractivity contribution in [1.29, 1.82) is 0 Å². The predicted molar refractivity (Wildman–Crippen MR) is 90.0 cm³/mol. The van der Waals surface area contributed by atoms with E-state index >= 15 is 0 Å². The number of para-hydroxylation sites is 1. The Morgan fingerprint density at radius 2 is 2.25 bits per heavy atom. The van der Waals surface area contributed by atoms with Crippen LogP contribution in [0.1, 0.15) is 49.9 Å². The first-order valence-corrected chi connectivity index (χ1v) is 8.61. The van der Waals surface area contributed by atoms with Gasteiger partial charge in [-0.15, -0.1) is 0 Å². The molecule has 128 valence electrons. The molecule has 1 aliphatic heterocycles. The molecule has 0 fully saturated rings. The van der Waals surface area contributed by atoms with E-state index in [1.165, 1.54) is 0 Å². The third-order valence-electron chi connectivity index (χ3n) is 4.26. The van der Waals surface area contributed by atoms with Crippen molar-refractivity contribution in [3.05, 3.63) is 35.5 Å². The molecule has 1 aromatic carbocycles. The van der Waals surface area contributed by atoms with E-state index in [-0.39, 0.29) is 11.7 Å². The fourth-order valence-corrected chi connectivity index (χ4v) is 3.12. The Bertz CT molecular complexity index is 711. The quantitative estimate of drug-likeness (QED) is 0.881. The maximum atomic E-state index is 12.6. The summed E-state index contributed by atoms with van der Waals surface area (Å²) in [6.45, 7) is 2.73. The van der Waals surface area contributed by atoms with E-state index in [9.17, 15) is 9.90 Å². The minimum absolute atomic E-state index is 0.0331. The van der Waals surface area contributed by atoms with Crippen LogP contribution in [0.4, 0.5) is 5.69 Å². The van der Waals surface area contributed by atoms with Crippen LogP contribution in [0, 0.1) is 0 Å². The summed E-state index contributed by atoms with van der Waals surface area (Å²) in [5, 5.41) is 14.0. The van der Waals surface area contributed by atoms with Gasteiger partial charge in [0.15, 0.2) is 5.82 Å². The second kappa shape index (κ2) is 7.47. The summed E-state index contributed by atoms with van der Waals surface area (Å²) >= 11 is 0. The van der Waals surface area contributed by atoms with E-state index < -0.39 is 0 Å². The molecule has 1 aliphatic rings. The third kappa shape index (κ3) is 3.58. The summed E-state index contributed by atoms with van der Waals surface area (Å²) in [4.78, 5) is 18.6. The topological polar surface area (TPSA) is 79.5 Å². The van der Waals surface area contributed by atoms with Crippen LogP contribution in [0.3, 0.4) is 0 Å². The summed E-state index contributed by atoms with van der Waals surface area (Å²) in [5.74, 6) is 1.54. The Labute approximate surface area is 141 Å². The number of anilines is 1. The smallest absolute Gasteiger partial charge is 0.227 e. The van der Waals surface area contributed by atoms with Crippen molar-refractivity contribution in [3.63, 3.8) is 0 Å². The average molecular weight is 329 g/mol. The van der Waals surface area contributed by atoms with Gasteiger partial charge in [-0.2, -0.15) is 4.98 Å². The standard InChI is InChI=1S/C18H23N3O3/c1-2-6-15-19-16(24-20-15)10-4-11-17(23)21-12-5-8-13-7-3-9-14(22)18(13)21/h3,7,9,22H,2,4-6,8,10-12H2,1H3. The van der Waals surface area contributed by atoms with Gasteiger partial charge in [0.05, 0.1) is 5.69 Å². The van der Waals surface area contributed by atoms with Crippen LogP contribution in [0.25, 0.3) is 0 Å². The molecule has 2 heterocycles. The van der Waals surface area contributed by atoms with Crippen molar-refractivity contribution in [1.82, 2.24) is 10.1 Å². The number of nitrogens with zero attached hydrogens (tertiary/aromatic N) is 3. The molecule has 0 atom stereocenters. The van der Waals surface area contributed by atoms with Crippen molar-refractivity contribution < 1.29 is 14.4 Å². The second-order valence-corrected chi connectivity index (χ2v) is 6.14. The van der Waals surface area contributed by atoms with E-state index in [4.69, 9.17) is 4.52 Å². The molecule has 3 rings (SSSR count). The zero-order valence-electron chi connectivity index (χ0n) is 14.0. The molecule has 2 aromatic rings. The van der Waals surface area contributed by atoms with Crippen molar-refractivity contribution in [2.45, 2.75) is 51.9 Å². The van der Waals surface area contributed by atoms with E-state index in [0.29, 0.717) is 37.4 Å². The van der Waals surface area contributed by atoms with Gasteiger partial charge >= 0.3 is 0 Å². The minimum Gasteiger partial charge on any atom is -0.506 e. The maximum Gasteiger partial charge on any atom is 0.227 e. The lowest BCUT2D eigenvalue weighted by atomic mass is 10.0. The van der Waals surface area contributed by atoms with E-state index in [1.54, 1.807) is 11.0 Å². The third-order valence-corrected chi connectivity index (χ3v) is 4.26. The van der Waals surface area contributed by atoms with Gasteiger partial charge in [0.2, 0.25) is 11.8 Å². The first-order chi connectivity index (χ1) is 11.7. The number of amides is 1. The van der Waals surface area contributed by atoms with Crippen LogP contribution in [0.15, 0.2) is 22.7 Å². The number of rotatable bonds is 6. The summed E-state index contributed by atoms with van der Waals surface area (Å²) in [5.41, 5.74) is 1.72. The van der Waals surface area contributed by atoms with Gasteiger partial charge < -0.3 is 14.5 Å². The maximum absolute atomic E-state index is 12.6. The number of hydrogen-bond donors (Lipinski definition) is 1. The predicted octanol–water partition coefficient (Wildman–Crippen LogP) is 3.03. The Morgan fingerprint density at radius 1 is 1.38 bits per heavy atom. The zero-order chi connectivity index (χ0) is 16.9. The zero-order valence-corrected chi connectivity index (χ0v) is 14.0. The molecule has 1 amide bonds. The molecule has 24 heavy (non-hydrogen) atoms. The van der Waals surface area contributed by atoms with Gasteiger partial charge in [0, 0.05) is 25.8 Å². The Kier molecular flexibility index (Phi) is 5.13. The number of phenols is 1. The van der Waals surface area contributed by atoms with Gasteiger partial charge in [-0.25, -0.2) is 0 Å². The summed E-state index contributed by atoms with van der Waals surface area (Å²) in [6, 6.07) is 5.44. The van der Waals surface area contributed by atoms with E-state index in [2.05, 4.69) is 17.1 Å². The molecule has 0 bridgehead atoms. The van der Waals surface area contributed by atoms with Crippen molar-refractivity contribution >= 4 is 11.6 Å². The van der Waals surface area contributed by atoms with Crippen LogP contribution >= 0.6 is 0 Å². The Hall–Kier alpha value is -2.37. The normalized spacial score (nSPS) is 13.8. The molecule has 1 aromatic heterocycles. The molecule has 6 heteroatoms. The number of aromatic hydroxyl groups is 1. The summed E-state index contributed by atoms with van der Waals surface area (Å²) in [6.07, 6.45) is 5.28. The minimum atomic E-state index is 0.0331. The van der Waals surface area contributed by atoms with Crippen molar-refractivity contribution in [3.8, 4) is 5.75 Å². The number of aromatic nitrogens is 2. The van der Waals surface area contributed by atoms with Crippen molar-refractivity contribution in [2.24, 2.45) is 0 Å². The Morgan fingerprint density at radius 3 is 3.08 bits per heavy atom. The number of carbonyl (C=O) groups excluding carboxylic acids is 1. The van der Waals surface area contributed by atoms with Gasteiger partial charge in [-0.05, 0) is 37.3 Å². The van der Waals surface area contributed by atoms with Crippen LogP contribution in [-0.4, -0.2) is 27.7 Å². The largest absolute Gasteiger partial charge is 0.506 e. The van der Waals surface area contributed by atoms with Crippen LogP contribution in [-0.2, 0) is 24.1 Å². The molecule has 0 aliphatic carbocycles. The lowest BCUT2D eigenvalue weighted by Crippen LogP contribution is -2.35. The van der Waals surface area contributed by atoms with Gasteiger partial charge in [0.25, 0.3) is 0 Å². The summed E-state index contributed by atoms with van der Waals surface area (Å²) < 4.78 is 5.19. The average Bonchev–Trinajstić information content (AvgIpc) is 3.02. The second-order valence-electron chi connectivity index (χ2n) is 6.14. The molecule has 0 unspecified atom stereocenters. The summed E-state index contributed by atoms with van der Waals surface area (Å²) in [7, 11) is 0. The van der Waals surface area contributed by atoms with Gasteiger partial charge in [0.1, 0.15) is 5.75 Å². The number of fused-ring (bicyclic) bond motifs is 1. The number of benzene rings is 1. The number of phenolic OH excluding ortho intramolecular Hbond substituents is 1. The highest BCUT2D eigenvalue weighted by Crippen LogP contribution is 2.35. The number of aryl methyl sites for hydroxylation is 3. The molecule has 0 spiro atoms. The molecule has 0 saturated carbocycles. The molecule has 0 radical (unpaired) electrons. The fraction of sp³-hybridized carbons (Fsp3) is 0.500. The fourth-order valence-electron chi connectivity index (χ4n) is 3.12. The van der Waals surface area contributed by atoms with Crippen LogP contribution in [0.2, 0.25) is 0 Å². The van der Waals surface area contributed by atoms with E-state index in [1.807, 2.05) is 12.1 Å². The molecule has 1 N–H and O–H groups in total. The lowest BCUT2D eigenvalue weighted by Gasteiger charge is -2.30. The Balaban J connectivity index is 1.58. The SMILES string of the molecule is CCCc1noc(CCCC(=O)N2CCCc3cccc(O)c32)n1. The van der Waals surface area contributed by atoms with Crippen LogP contribution in [0.5, 0.6) is 5.75 Å². The van der Waals surface area contributed by atoms with Crippen molar-refractivity contribution in [2.75, 3.05) is 11.4 Å². The van der Waals surface area contributed by atoms with E-state index in [0.717, 1.165) is 37.1 Å². The first-order valence-electron chi connectivity index (χ1n) is 8.61. The van der Waals surface area contributed by atoms with Gasteiger partial charge in [-0.1, -0.05) is 24.2 Å². The molecule has 6 nitrogen and oxygen atoms in total. The highest BCUT2D eigenvalue weighted by atomic mass is 16.5.